The molecule has 2 heterocycles. The fourth-order valence-electron chi connectivity index (χ4n) is 2.12. The summed E-state index contributed by atoms with van der Waals surface area (Å²) in [4.78, 5) is 7.93. The highest BCUT2D eigenvalue weighted by Crippen LogP contribution is 2.34. The van der Waals surface area contributed by atoms with Gasteiger partial charge in [0.1, 0.15) is 0 Å². The Labute approximate surface area is 107 Å². The predicted octanol–water partition coefficient (Wildman–Crippen LogP) is 2.77. The number of nitrogens with zero attached hydrogens (tertiary/aromatic N) is 2. The number of alkyl halides is 3. The van der Waals surface area contributed by atoms with Gasteiger partial charge in [0.2, 0.25) is 0 Å². The van der Waals surface area contributed by atoms with Crippen molar-refractivity contribution in [3.8, 4) is 11.4 Å². The molecule has 0 saturated heterocycles. The van der Waals surface area contributed by atoms with Crippen molar-refractivity contribution in [1.29, 1.82) is 0 Å². The second-order valence-corrected chi connectivity index (χ2v) is 4.29. The molecule has 3 rings (SSSR count). The molecular formula is C13H10F3N3. The van der Waals surface area contributed by atoms with Crippen LogP contribution in [0.3, 0.4) is 0 Å². The maximum Gasteiger partial charge on any atom is 0.433 e. The van der Waals surface area contributed by atoms with Crippen LogP contribution >= 0.6 is 0 Å². The minimum Gasteiger partial charge on any atom is -0.307 e. The molecule has 0 fully saturated rings. The van der Waals surface area contributed by atoms with Gasteiger partial charge in [0.05, 0.1) is 5.69 Å². The third kappa shape index (κ3) is 2.19. The summed E-state index contributed by atoms with van der Waals surface area (Å²) in [6, 6.07) is 8.69. The highest BCUT2D eigenvalue weighted by atomic mass is 19.4. The van der Waals surface area contributed by atoms with E-state index in [9.17, 15) is 13.2 Å². The van der Waals surface area contributed by atoms with Gasteiger partial charge in [-0.1, -0.05) is 30.3 Å². The van der Waals surface area contributed by atoms with Gasteiger partial charge in [-0.15, -0.1) is 0 Å². The van der Waals surface area contributed by atoms with Gasteiger partial charge in [-0.3, -0.25) is 0 Å². The van der Waals surface area contributed by atoms with E-state index in [0.29, 0.717) is 17.8 Å². The Morgan fingerprint density at radius 2 is 1.74 bits per heavy atom. The van der Waals surface area contributed by atoms with Crippen molar-refractivity contribution in [2.45, 2.75) is 19.3 Å². The van der Waals surface area contributed by atoms with Crippen molar-refractivity contribution in [3.63, 3.8) is 0 Å². The van der Waals surface area contributed by atoms with Crippen LogP contribution in [0.25, 0.3) is 11.4 Å². The van der Waals surface area contributed by atoms with Crippen molar-refractivity contribution in [2.24, 2.45) is 0 Å². The number of hydrogen-bond donors (Lipinski definition) is 1. The Bertz CT molecular complexity index is 609. The molecule has 0 aliphatic carbocycles. The molecule has 0 amide bonds. The summed E-state index contributed by atoms with van der Waals surface area (Å²) in [7, 11) is 0. The lowest BCUT2D eigenvalue weighted by molar-refractivity contribution is -0.141. The van der Waals surface area contributed by atoms with E-state index < -0.39 is 11.9 Å². The normalized spacial score (nSPS) is 14.5. The first kappa shape index (κ1) is 12.1. The molecule has 3 nitrogen and oxygen atoms in total. The lowest BCUT2D eigenvalue weighted by Gasteiger charge is -2.12. The second-order valence-electron chi connectivity index (χ2n) is 4.29. The Hall–Kier alpha value is -1.95. The Balaban J connectivity index is 2.19. The first-order valence-corrected chi connectivity index (χ1v) is 5.79. The smallest absolute Gasteiger partial charge is 0.307 e. The topological polar surface area (TPSA) is 37.8 Å². The second kappa shape index (κ2) is 4.31. The third-order valence-corrected chi connectivity index (χ3v) is 2.99. The largest absolute Gasteiger partial charge is 0.433 e. The van der Waals surface area contributed by atoms with Crippen molar-refractivity contribution >= 4 is 0 Å². The SMILES string of the molecule is FC(F)(F)c1nc(-c2ccccc2)nc2c1CNC2. The first-order valence-electron chi connectivity index (χ1n) is 5.79. The molecule has 1 aliphatic rings. The van der Waals surface area contributed by atoms with E-state index in [2.05, 4.69) is 15.3 Å². The van der Waals surface area contributed by atoms with Gasteiger partial charge < -0.3 is 5.32 Å². The van der Waals surface area contributed by atoms with Crippen LogP contribution in [0.5, 0.6) is 0 Å². The monoisotopic (exact) mass is 265 g/mol. The van der Waals surface area contributed by atoms with Gasteiger partial charge in [-0.25, -0.2) is 9.97 Å². The number of rotatable bonds is 1. The van der Waals surface area contributed by atoms with E-state index in [-0.39, 0.29) is 17.9 Å². The zero-order valence-electron chi connectivity index (χ0n) is 9.83. The molecule has 1 aromatic carbocycles. The molecule has 1 aliphatic heterocycles. The predicted molar refractivity (Wildman–Crippen MR) is 63.0 cm³/mol. The van der Waals surface area contributed by atoms with Crippen molar-refractivity contribution in [3.05, 3.63) is 47.3 Å². The first-order chi connectivity index (χ1) is 9.05. The van der Waals surface area contributed by atoms with Crippen LogP contribution in [-0.4, -0.2) is 9.97 Å². The zero-order valence-corrected chi connectivity index (χ0v) is 9.83. The summed E-state index contributed by atoms with van der Waals surface area (Å²) in [6.07, 6.45) is -4.46. The van der Waals surface area contributed by atoms with Crippen LogP contribution in [0.1, 0.15) is 17.0 Å². The van der Waals surface area contributed by atoms with Crippen LogP contribution in [0.2, 0.25) is 0 Å². The van der Waals surface area contributed by atoms with E-state index in [0.717, 1.165) is 0 Å². The quantitative estimate of drug-likeness (QED) is 0.861. The molecule has 19 heavy (non-hydrogen) atoms. The third-order valence-electron chi connectivity index (χ3n) is 2.99. The molecule has 0 saturated carbocycles. The molecule has 1 N–H and O–H groups in total. The van der Waals surface area contributed by atoms with Crippen LogP contribution in [0.4, 0.5) is 13.2 Å². The summed E-state index contributed by atoms with van der Waals surface area (Å²) in [6.45, 7) is 0.514. The number of halogens is 3. The van der Waals surface area contributed by atoms with Crippen molar-refractivity contribution in [2.75, 3.05) is 0 Å². The standard InChI is InChI=1S/C13H10F3N3/c14-13(15,16)11-9-6-17-7-10(9)18-12(19-11)8-4-2-1-3-5-8/h1-5,17H,6-7H2. The fraction of sp³-hybridized carbons (Fsp3) is 0.231. The van der Waals surface area contributed by atoms with Crippen molar-refractivity contribution in [1.82, 2.24) is 15.3 Å². The summed E-state index contributed by atoms with van der Waals surface area (Å²) in [5, 5.41) is 2.88. The Morgan fingerprint density at radius 1 is 1.00 bits per heavy atom. The Morgan fingerprint density at radius 3 is 2.42 bits per heavy atom. The number of fused-ring (bicyclic) bond motifs is 1. The lowest BCUT2D eigenvalue weighted by Crippen LogP contribution is -2.14. The maximum absolute atomic E-state index is 13.0. The molecule has 6 heteroatoms. The van der Waals surface area contributed by atoms with Crippen LogP contribution in [-0.2, 0) is 19.3 Å². The molecule has 98 valence electrons. The average molecular weight is 265 g/mol. The lowest BCUT2D eigenvalue weighted by atomic mass is 10.1. The fourth-order valence-corrected chi connectivity index (χ4v) is 2.12. The number of nitrogens with one attached hydrogen (secondary N) is 1. The number of hydrogen-bond acceptors (Lipinski definition) is 3. The van der Waals surface area contributed by atoms with Crippen LogP contribution in [0, 0.1) is 0 Å². The average Bonchev–Trinajstić information content (AvgIpc) is 2.85. The van der Waals surface area contributed by atoms with Gasteiger partial charge in [0, 0.05) is 24.2 Å². The van der Waals surface area contributed by atoms with Gasteiger partial charge in [-0.2, -0.15) is 13.2 Å². The Kier molecular flexibility index (Phi) is 2.74. The summed E-state index contributed by atoms with van der Waals surface area (Å²) in [5.41, 5.74) is 0.345. The highest BCUT2D eigenvalue weighted by Gasteiger charge is 2.38. The van der Waals surface area contributed by atoms with E-state index in [1.54, 1.807) is 30.3 Å². The van der Waals surface area contributed by atoms with Crippen LogP contribution < -0.4 is 5.32 Å². The molecule has 0 bridgehead atoms. The maximum atomic E-state index is 13.0. The summed E-state index contributed by atoms with van der Waals surface area (Å²) in [5.74, 6) is 0.121. The van der Waals surface area contributed by atoms with E-state index in [1.807, 2.05) is 0 Å². The molecule has 0 spiro atoms. The van der Waals surface area contributed by atoms with Gasteiger partial charge in [-0.05, 0) is 0 Å². The molecule has 0 radical (unpaired) electrons. The number of aromatic nitrogens is 2. The molecular weight excluding hydrogens is 255 g/mol. The van der Waals surface area contributed by atoms with E-state index in [4.69, 9.17) is 0 Å². The molecule has 0 unspecified atom stereocenters. The number of benzene rings is 1. The van der Waals surface area contributed by atoms with Crippen LogP contribution in [0.15, 0.2) is 30.3 Å². The van der Waals surface area contributed by atoms with E-state index in [1.165, 1.54) is 0 Å². The molecule has 1 aromatic heterocycles. The van der Waals surface area contributed by atoms with Crippen molar-refractivity contribution < 1.29 is 13.2 Å². The minimum absolute atomic E-state index is 0.121. The minimum atomic E-state index is -4.46. The summed E-state index contributed by atoms with van der Waals surface area (Å²) >= 11 is 0. The zero-order chi connectivity index (χ0) is 13.5. The van der Waals surface area contributed by atoms with Gasteiger partial charge >= 0.3 is 6.18 Å². The highest BCUT2D eigenvalue weighted by molar-refractivity contribution is 5.56. The summed E-state index contributed by atoms with van der Waals surface area (Å²) < 4.78 is 39.1. The molecule has 0 atom stereocenters. The van der Waals surface area contributed by atoms with Gasteiger partial charge in [0.25, 0.3) is 0 Å². The molecule has 2 aromatic rings. The van der Waals surface area contributed by atoms with Gasteiger partial charge in [0.15, 0.2) is 11.5 Å². The van der Waals surface area contributed by atoms with E-state index >= 15 is 0 Å².